The number of halogens is 3. The van der Waals surface area contributed by atoms with Crippen molar-refractivity contribution < 1.29 is 13.2 Å². The van der Waals surface area contributed by atoms with Crippen LogP contribution >= 0.6 is 0 Å². The summed E-state index contributed by atoms with van der Waals surface area (Å²) in [6, 6.07) is 9.12. The quantitative estimate of drug-likeness (QED) is 0.920. The average Bonchev–Trinajstić information content (AvgIpc) is 2.97. The SMILES string of the molecule is Nc1ccc(N2CCC(c3ccc(C(F)(F)F)cc3)C2)nc1. The maximum absolute atomic E-state index is 12.6. The summed E-state index contributed by atoms with van der Waals surface area (Å²) in [5.74, 6) is 1.07. The Morgan fingerprint density at radius 2 is 1.82 bits per heavy atom. The van der Waals surface area contributed by atoms with Crippen LogP contribution in [-0.4, -0.2) is 18.1 Å². The van der Waals surface area contributed by atoms with Gasteiger partial charge in [-0.15, -0.1) is 0 Å². The molecule has 6 heteroatoms. The summed E-state index contributed by atoms with van der Waals surface area (Å²) in [7, 11) is 0. The number of pyridine rings is 1. The molecule has 3 nitrogen and oxygen atoms in total. The molecule has 0 spiro atoms. The van der Waals surface area contributed by atoms with E-state index in [-0.39, 0.29) is 5.92 Å². The number of hydrogen-bond donors (Lipinski definition) is 1. The van der Waals surface area contributed by atoms with E-state index in [0.717, 1.165) is 43.0 Å². The Morgan fingerprint density at radius 3 is 2.41 bits per heavy atom. The predicted octanol–water partition coefficient (Wildman–Crippen LogP) is 3.68. The zero-order valence-corrected chi connectivity index (χ0v) is 11.8. The van der Waals surface area contributed by atoms with Crippen molar-refractivity contribution in [1.82, 2.24) is 4.98 Å². The molecule has 1 atom stereocenters. The molecule has 1 aliphatic rings. The molecule has 1 unspecified atom stereocenters. The minimum atomic E-state index is -4.28. The average molecular weight is 307 g/mol. The van der Waals surface area contributed by atoms with Crippen molar-refractivity contribution in [2.45, 2.75) is 18.5 Å². The highest BCUT2D eigenvalue weighted by Crippen LogP contribution is 2.33. The Balaban J connectivity index is 1.71. The van der Waals surface area contributed by atoms with Gasteiger partial charge in [-0.2, -0.15) is 13.2 Å². The number of nitrogens with two attached hydrogens (primary N) is 1. The second-order valence-electron chi connectivity index (χ2n) is 5.50. The molecule has 116 valence electrons. The fraction of sp³-hybridized carbons (Fsp3) is 0.312. The van der Waals surface area contributed by atoms with Crippen LogP contribution in [0, 0.1) is 0 Å². The Morgan fingerprint density at radius 1 is 1.09 bits per heavy atom. The van der Waals surface area contributed by atoms with Crippen LogP contribution in [0.4, 0.5) is 24.7 Å². The monoisotopic (exact) mass is 307 g/mol. The molecule has 0 amide bonds. The van der Waals surface area contributed by atoms with E-state index >= 15 is 0 Å². The van der Waals surface area contributed by atoms with Gasteiger partial charge in [-0.05, 0) is 36.2 Å². The standard InChI is InChI=1S/C16H16F3N3/c17-16(18,19)13-3-1-11(2-4-13)12-7-8-22(10-12)15-6-5-14(20)9-21-15/h1-6,9,12H,7-8,10,20H2. The molecule has 0 bridgehead atoms. The number of anilines is 2. The van der Waals surface area contributed by atoms with Gasteiger partial charge < -0.3 is 10.6 Å². The molecule has 1 aromatic heterocycles. The molecular weight excluding hydrogens is 291 g/mol. The minimum absolute atomic E-state index is 0.224. The van der Waals surface area contributed by atoms with Crippen LogP contribution in [0.2, 0.25) is 0 Å². The number of rotatable bonds is 2. The molecule has 0 aliphatic carbocycles. The highest BCUT2D eigenvalue weighted by molar-refractivity contribution is 5.47. The molecule has 0 saturated carbocycles. The molecule has 1 aliphatic heterocycles. The maximum atomic E-state index is 12.6. The first kappa shape index (κ1) is 14.7. The molecule has 2 aromatic rings. The summed E-state index contributed by atoms with van der Waals surface area (Å²) in [4.78, 5) is 6.41. The van der Waals surface area contributed by atoms with E-state index in [4.69, 9.17) is 5.73 Å². The van der Waals surface area contributed by atoms with Gasteiger partial charge in [0, 0.05) is 19.0 Å². The van der Waals surface area contributed by atoms with Crippen molar-refractivity contribution in [3.63, 3.8) is 0 Å². The lowest BCUT2D eigenvalue weighted by molar-refractivity contribution is -0.137. The van der Waals surface area contributed by atoms with Crippen LogP contribution < -0.4 is 10.6 Å². The molecular formula is C16H16F3N3. The maximum Gasteiger partial charge on any atom is 0.416 e. The van der Waals surface area contributed by atoms with Gasteiger partial charge in [0.2, 0.25) is 0 Å². The van der Waals surface area contributed by atoms with E-state index in [1.54, 1.807) is 24.4 Å². The molecule has 2 N–H and O–H groups in total. The van der Waals surface area contributed by atoms with Gasteiger partial charge in [0.25, 0.3) is 0 Å². The van der Waals surface area contributed by atoms with Crippen LogP contribution in [0.25, 0.3) is 0 Å². The van der Waals surface area contributed by atoms with E-state index < -0.39 is 11.7 Å². The zero-order valence-electron chi connectivity index (χ0n) is 11.8. The molecule has 1 fully saturated rings. The Kier molecular flexibility index (Phi) is 3.68. The first-order valence-corrected chi connectivity index (χ1v) is 7.07. The number of alkyl halides is 3. The molecule has 22 heavy (non-hydrogen) atoms. The van der Waals surface area contributed by atoms with Crippen LogP contribution in [0.3, 0.4) is 0 Å². The van der Waals surface area contributed by atoms with Crippen molar-refractivity contribution in [3.8, 4) is 0 Å². The van der Waals surface area contributed by atoms with Crippen molar-refractivity contribution in [2.75, 3.05) is 23.7 Å². The van der Waals surface area contributed by atoms with Gasteiger partial charge >= 0.3 is 6.18 Å². The largest absolute Gasteiger partial charge is 0.416 e. The third kappa shape index (κ3) is 3.00. The van der Waals surface area contributed by atoms with Crippen molar-refractivity contribution in [3.05, 3.63) is 53.7 Å². The van der Waals surface area contributed by atoms with Gasteiger partial charge in [0.05, 0.1) is 17.4 Å². The third-order valence-electron chi connectivity index (χ3n) is 3.99. The van der Waals surface area contributed by atoms with E-state index in [0.29, 0.717) is 5.69 Å². The highest BCUT2D eigenvalue weighted by Gasteiger charge is 2.31. The fourth-order valence-electron chi connectivity index (χ4n) is 2.77. The second-order valence-corrected chi connectivity index (χ2v) is 5.50. The molecule has 1 saturated heterocycles. The minimum Gasteiger partial charge on any atom is -0.397 e. The smallest absolute Gasteiger partial charge is 0.397 e. The van der Waals surface area contributed by atoms with E-state index in [1.165, 1.54) is 0 Å². The van der Waals surface area contributed by atoms with Crippen molar-refractivity contribution in [2.24, 2.45) is 0 Å². The van der Waals surface area contributed by atoms with Gasteiger partial charge in [0.15, 0.2) is 0 Å². The van der Waals surface area contributed by atoms with Crippen LogP contribution in [-0.2, 0) is 6.18 Å². The first-order valence-electron chi connectivity index (χ1n) is 7.07. The van der Waals surface area contributed by atoms with Gasteiger partial charge in [-0.1, -0.05) is 12.1 Å². The van der Waals surface area contributed by atoms with Crippen molar-refractivity contribution >= 4 is 11.5 Å². The third-order valence-corrected chi connectivity index (χ3v) is 3.99. The first-order chi connectivity index (χ1) is 10.4. The lowest BCUT2D eigenvalue weighted by Crippen LogP contribution is -2.20. The summed E-state index contributed by atoms with van der Waals surface area (Å²) >= 11 is 0. The Labute approximate surface area is 126 Å². The lowest BCUT2D eigenvalue weighted by Gasteiger charge is -2.18. The number of aromatic nitrogens is 1. The number of nitrogen functional groups attached to an aromatic ring is 1. The lowest BCUT2D eigenvalue weighted by atomic mass is 9.97. The molecule has 0 radical (unpaired) electrons. The van der Waals surface area contributed by atoms with E-state index in [1.807, 2.05) is 6.07 Å². The highest BCUT2D eigenvalue weighted by atomic mass is 19.4. The number of benzene rings is 1. The summed E-state index contributed by atoms with van der Waals surface area (Å²) in [5, 5.41) is 0. The van der Waals surface area contributed by atoms with Crippen LogP contribution in [0.15, 0.2) is 42.6 Å². The second kappa shape index (κ2) is 5.51. The van der Waals surface area contributed by atoms with Crippen molar-refractivity contribution in [1.29, 1.82) is 0 Å². The van der Waals surface area contributed by atoms with Crippen LogP contribution in [0.5, 0.6) is 0 Å². The molecule has 2 heterocycles. The summed E-state index contributed by atoms with van der Waals surface area (Å²) < 4.78 is 37.8. The van der Waals surface area contributed by atoms with Gasteiger partial charge in [0.1, 0.15) is 5.82 Å². The molecule has 1 aromatic carbocycles. The summed E-state index contributed by atoms with van der Waals surface area (Å²) in [5.41, 5.74) is 6.56. The van der Waals surface area contributed by atoms with E-state index in [2.05, 4.69) is 9.88 Å². The number of nitrogens with zero attached hydrogens (tertiary/aromatic N) is 2. The topological polar surface area (TPSA) is 42.1 Å². The molecule has 3 rings (SSSR count). The van der Waals surface area contributed by atoms with Crippen LogP contribution in [0.1, 0.15) is 23.5 Å². The Bertz CT molecular complexity index is 635. The Hall–Kier alpha value is -2.24. The zero-order chi connectivity index (χ0) is 15.7. The number of hydrogen-bond acceptors (Lipinski definition) is 3. The normalized spacial score (nSPS) is 18.7. The fourth-order valence-corrected chi connectivity index (χ4v) is 2.77. The van der Waals surface area contributed by atoms with Gasteiger partial charge in [-0.3, -0.25) is 0 Å². The van der Waals surface area contributed by atoms with Gasteiger partial charge in [-0.25, -0.2) is 4.98 Å². The predicted molar refractivity (Wildman–Crippen MR) is 79.7 cm³/mol. The van der Waals surface area contributed by atoms with E-state index in [9.17, 15) is 13.2 Å². The summed E-state index contributed by atoms with van der Waals surface area (Å²) in [6.07, 6.45) is -1.77. The summed E-state index contributed by atoms with van der Waals surface area (Å²) in [6.45, 7) is 1.59.